The average Bonchev–Trinajstić information content (AvgIpc) is 2.49. The van der Waals surface area contributed by atoms with Crippen LogP contribution in [0.2, 0.25) is 10.0 Å². The molecule has 0 saturated heterocycles. The van der Waals surface area contributed by atoms with Crippen molar-refractivity contribution >= 4 is 40.8 Å². The molecular formula is C16H13Cl2NO3. The van der Waals surface area contributed by atoms with Gasteiger partial charge in [-0.15, -0.1) is 0 Å². The van der Waals surface area contributed by atoms with Gasteiger partial charge in [0.2, 0.25) is 0 Å². The van der Waals surface area contributed by atoms with E-state index in [-0.39, 0.29) is 18.0 Å². The van der Waals surface area contributed by atoms with Gasteiger partial charge in [-0.1, -0.05) is 35.3 Å². The van der Waals surface area contributed by atoms with Gasteiger partial charge in [0.15, 0.2) is 5.78 Å². The summed E-state index contributed by atoms with van der Waals surface area (Å²) in [4.78, 5) is 24.2. The summed E-state index contributed by atoms with van der Waals surface area (Å²) in [7, 11) is 0. The molecule has 0 heterocycles. The first kappa shape index (κ1) is 16.3. The SMILES string of the molecule is CCOC(=O)Nc1ccc(Cl)cc1C(=O)c1ccccc1Cl. The van der Waals surface area contributed by atoms with E-state index in [1.165, 1.54) is 6.07 Å². The molecule has 114 valence electrons. The number of amides is 1. The van der Waals surface area contributed by atoms with Crippen molar-refractivity contribution < 1.29 is 14.3 Å². The Morgan fingerprint density at radius 2 is 1.82 bits per heavy atom. The summed E-state index contributed by atoms with van der Waals surface area (Å²) < 4.78 is 4.82. The van der Waals surface area contributed by atoms with Gasteiger partial charge in [-0.25, -0.2) is 4.79 Å². The van der Waals surface area contributed by atoms with Gasteiger partial charge in [0.05, 0.1) is 17.3 Å². The monoisotopic (exact) mass is 337 g/mol. The first-order valence-corrected chi connectivity index (χ1v) is 7.31. The molecule has 2 aromatic rings. The maximum absolute atomic E-state index is 12.6. The molecule has 0 radical (unpaired) electrons. The molecule has 0 aliphatic heterocycles. The van der Waals surface area contributed by atoms with E-state index in [0.29, 0.717) is 21.3 Å². The van der Waals surface area contributed by atoms with Gasteiger partial charge in [0.1, 0.15) is 0 Å². The van der Waals surface area contributed by atoms with Gasteiger partial charge in [-0.3, -0.25) is 10.1 Å². The number of benzene rings is 2. The van der Waals surface area contributed by atoms with Gasteiger partial charge < -0.3 is 4.74 Å². The number of hydrogen-bond donors (Lipinski definition) is 1. The van der Waals surface area contributed by atoms with Crippen LogP contribution in [0.15, 0.2) is 42.5 Å². The Hall–Kier alpha value is -2.04. The molecule has 0 spiro atoms. The molecule has 0 aliphatic carbocycles. The lowest BCUT2D eigenvalue weighted by Gasteiger charge is -2.11. The molecule has 6 heteroatoms. The second-order valence-electron chi connectivity index (χ2n) is 4.34. The van der Waals surface area contributed by atoms with Crippen molar-refractivity contribution in [3.8, 4) is 0 Å². The zero-order valence-corrected chi connectivity index (χ0v) is 13.2. The van der Waals surface area contributed by atoms with Crippen molar-refractivity contribution in [3.05, 3.63) is 63.6 Å². The molecule has 1 N–H and O–H groups in total. The van der Waals surface area contributed by atoms with E-state index >= 15 is 0 Å². The fourth-order valence-electron chi connectivity index (χ4n) is 1.88. The van der Waals surface area contributed by atoms with Crippen LogP contribution in [0, 0.1) is 0 Å². The highest BCUT2D eigenvalue weighted by Crippen LogP contribution is 2.26. The number of halogens is 2. The third-order valence-electron chi connectivity index (χ3n) is 2.86. The number of carbonyl (C=O) groups is 2. The lowest BCUT2D eigenvalue weighted by molar-refractivity contribution is 0.103. The number of ether oxygens (including phenoxy) is 1. The second-order valence-corrected chi connectivity index (χ2v) is 5.19. The van der Waals surface area contributed by atoms with Crippen molar-refractivity contribution in [2.24, 2.45) is 0 Å². The van der Waals surface area contributed by atoms with E-state index in [4.69, 9.17) is 27.9 Å². The maximum atomic E-state index is 12.6. The Kier molecular flexibility index (Phi) is 5.41. The molecule has 0 saturated carbocycles. The zero-order valence-electron chi connectivity index (χ0n) is 11.7. The Bertz CT molecular complexity index is 716. The van der Waals surface area contributed by atoms with E-state index in [9.17, 15) is 9.59 Å². The molecule has 0 aromatic heterocycles. The summed E-state index contributed by atoms with van der Waals surface area (Å²) in [6, 6.07) is 11.3. The molecule has 0 aliphatic rings. The highest BCUT2D eigenvalue weighted by Gasteiger charge is 2.18. The molecule has 2 aromatic carbocycles. The number of rotatable bonds is 4. The van der Waals surface area contributed by atoms with E-state index in [1.54, 1.807) is 43.3 Å². The average molecular weight is 338 g/mol. The first-order valence-electron chi connectivity index (χ1n) is 6.55. The predicted molar refractivity (Wildman–Crippen MR) is 87.0 cm³/mol. The lowest BCUT2D eigenvalue weighted by atomic mass is 10.0. The molecule has 1 amide bonds. The number of carbonyl (C=O) groups excluding carboxylic acids is 2. The van der Waals surface area contributed by atoms with Crippen LogP contribution in [0.1, 0.15) is 22.8 Å². The summed E-state index contributed by atoms with van der Waals surface area (Å²) in [6.07, 6.45) is -0.641. The van der Waals surface area contributed by atoms with E-state index in [1.807, 2.05) is 0 Å². The molecule has 2 rings (SSSR count). The highest BCUT2D eigenvalue weighted by atomic mass is 35.5. The quantitative estimate of drug-likeness (QED) is 0.815. The fraction of sp³-hybridized carbons (Fsp3) is 0.125. The Morgan fingerprint density at radius 1 is 1.09 bits per heavy atom. The van der Waals surface area contributed by atoms with Crippen molar-refractivity contribution in [1.82, 2.24) is 0 Å². The van der Waals surface area contributed by atoms with E-state index < -0.39 is 6.09 Å². The fourth-order valence-corrected chi connectivity index (χ4v) is 2.27. The van der Waals surface area contributed by atoms with Gasteiger partial charge in [-0.2, -0.15) is 0 Å². The largest absolute Gasteiger partial charge is 0.450 e. The molecular weight excluding hydrogens is 325 g/mol. The maximum Gasteiger partial charge on any atom is 0.411 e. The summed E-state index contributed by atoms with van der Waals surface area (Å²) in [5.74, 6) is -0.333. The minimum atomic E-state index is -0.641. The van der Waals surface area contributed by atoms with Crippen LogP contribution < -0.4 is 5.32 Å². The summed E-state index contributed by atoms with van der Waals surface area (Å²) >= 11 is 12.0. The Morgan fingerprint density at radius 3 is 2.50 bits per heavy atom. The third-order valence-corrected chi connectivity index (χ3v) is 3.42. The number of nitrogens with one attached hydrogen (secondary N) is 1. The number of hydrogen-bond acceptors (Lipinski definition) is 3. The molecule has 0 fully saturated rings. The molecule has 0 atom stereocenters. The Balaban J connectivity index is 2.41. The van der Waals surface area contributed by atoms with Crippen LogP contribution in [0.3, 0.4) is 0 Å². The minimum Gasteiger partial charge on any atom is -0.450 e. The second kappa shape index (κ2) is 7.29. The first-order chi connectivity index (χ1) is 10.5. The third kappa shape index (κ3) is 3.78. The van der Waals surface area contributed by atoms with E-state index in [2.05, 4.69) is 5.32 Å². The van der Waals surface area contributed by atoms with Crippen molar-refractivity contribution in [1.29, 1.82) is 0 Å². The lowest BCUT2D eigenvalue weighted by Crippen LogP contribution is -2.16. The van der Waals surface area contributed by atoms with Crippen LogP contribution in [-0.4, -0.2) is 18.5 Å². The van der Waals surface area contributed by atoms with E-state index in [0.717, 1.165) is 0 Å². The highest BCUT2D eigenvalue weighted by molar-refractivity contribution is 6.36. The standard InChI is InChI=1S/C16H13Cl2NO3/c1-2-22-16(21)19-14-8-7-10(17)9-12(14)15(20)11-5-3-4-6-13(11)18/h3-9H,2H2,1H3,(H,19,21). The zero-order chi connectivity index (χ0) is 16.1. The summed E-state index contributed by atoms with van der Waals surface area (Å²) in [6.45, 7) is 1.92. The number of ketones is 1. The molecule has 22 heavy (non-hydrogen) atoms. The smallest absolute Gasteiger partial charge is 0.411 e. The van der Waals surface area contributed by atoms with Crippen molar-refractivity contribution in [3.63, 3.8) is 0 Å². The number of anilines is 1. The van der Waals surface area contributed by atoms with Crippen LogP contribution in [-0.2, 0) is 4.74 Å². The van der Waals surface area contributed by atoms with Crippen LogP contribution >= 0.6 is 23.2 Å². The minimum absolute atomic E-state index is 0.229. The summed E-state index contributed by atoms with van der Waals surface area (Å²) in [5, 5.41) is 3.23. The van der Waals surface area contributed by atoms with Crippen molar-refractivity contribution in [2.75, 3.05) is 11.9 Å². The molecule has 4 nitrogen and oxygen atoms in total. The Labute approximate surface area is 138 Å². The van der Waals surface area contributed by atoms with Crippen LogP contribution in [0.25, 0.3) is 0 Å². The normalized spacial score (nSPS) is 10.1. The van der Waals surface area contributed by atoms with Crippen LogP contribution in [0.5, 0.6) is 0 Å². The molecule has 0 bridgehead atoms. The molecule has 0 unspecified atom stereocenters. The summed E-state index contributed by atoms with van der Waals surface area (Å²) in [5.41, 5.74) is 0.889. The van der Waals surface area contributed by atoms with Crippen molar-refractivity contribution in [2.45, 2.75) is 6.92 Å². The van der Waals surface area contributed by atoms with Crippen LogP contribution in [0.4, 0.5) is 10.5 Å². The van der Waals surface area contributed by atoms with Gasteiger partial charge in [-0.05, 0) is 37.3 Å². The topological polar surface area (TPSA) is 55.4 Å². The van der Waals surface area contributed by atoms with Gasteiger partial charge in [0, 0.05) is 16.1 Å². The van der Waals surface area contributed by atoms with Gasteiger partial charge >= 0.3 is 6.09 Å². The van der Waals surface area contributed by atoms with Gasteiger partial charge in [0.25, 0.3) is 0 Å². The predicted octanol–water partition coefficient (Wildman–Crippen LogP) is 4.79.